The van der Waals surface area contributed by atoms with E-state index in [1.165, 1.54) is 18.2 Å². The molecule has 1 amide bonds. The summed E-state index contributed by atoms with van der Waals surface area (Å²) in [6, 6.07) is 20.5. The zero-order chi connectivity index (χ0) is 32.1. The number of nitrogens with two attached hydrogens (primary N) is 1. The molecule has 5 N–H and O–H groups in total. The molecule has 8 nitrogen and oxygen atoms in total. The first-order valence-electron chi connectivity index (χ1n) is 14.9. The Bertz CT molecular complexity index is 1600. The van der Waals surface area contributed by atoms with Gasteiger partial charge in [-0.3, -0.25) is 4.79 Å². The van der Waals surface area contributed by atoms with Gasteiger partial charge in [-0.1, -0.05) is 54.6 Å². The van der Waals surface area contributed by atoms with Gasteiger partial charge < -0.3 is 30.9 Å². The van der Waals surface area contributed by atoms with Gasteiger partial charge in [-0.15, -0.1) is 0 Å². The van der Waals surface area contributed by atoms with Crippen LogP contribution in [0.2, 0.25) is 0 Å². The van der Waals surface area contributed by atoms with Crippen LogP contribution in [-0.4, -0.2) is 60.1 Å². The highest BCUT2D eigenvalue weighted by Gasteiger charge is 2.35. The number of anilines is 1. The minimum Gasteiger partial charge on any atom is -0.487 e. The fraction of sp³-hybridized carbons (Fsp3) is 0.314. The molecule has 2 heterocycles. The van der Waals surface area contributed by atoms with E-state index in [-0.39, 0.29) is 25.2 Å². The Labute approximate surface area is 261 Å². The maximum atomic E-state index is 14.6. The van der Waals surface area contributed by atoms with E-state index in [1.807, 2.05) is 61.6 Å². The third-order valence-corrected chi connectivity index (χ3v) is 8.19. The van der Waals surface area contributed by atoms with Crippen LogP contribution in [0.3, 0.4) is 0 Å². The number of carbonyl (C=O) groups excluding carboxylic acids is 1. The highest BCUT2D eigenvalue weighted by molar-refractivity contribution is 5.80. The predicted molar refractivity (Wildman–Crippen MR) is 169 cm³/mol. The zero-order valence-electron chi connectivity index (χ0n) is 25.2. The number of halogens is 2. The van der Waals surface area contributed by atoms with Crippen LogP contribution in [0.15, 0.2) is 85.1 Å². The Balaban J connectivity index is 1.29. The van der Waals surface area contributed by atoms with Crippen LogP contribution >= 0.6 is 0 Å². The van der Waals surface area contributed by atoms with Gasteiger partial charge in [0.25, 0.3) is 0 Å². The number of aromatic nitrogens is 1. The molecule has 236 valence electrons. The van der Waals surface area contributed by atoms with Gasteiger partial charge in [0.1, 0.15) is 24.3 Å². The molecule has 0 radical (unpaired) electrons. The van der Waals surface area contributed by atoms with Crippen molar-refractivity contribution >= 4 is 11.7 Å². The molecule has 1 aliphatic rings. The van der Waals surface area contributed by atoms with Crippen molar-refractivity contribution in [3.63, 3.8) is 0 Å². The largest absolute Gasteiger partial charge is 0.487 e. The second-order valence-electron chi connectivity index (χ2n) is 11.7. The summed E-state index contributed by atoms with van der Waals surface area (Å²) in [6.07, 6.45) is -0.132. The van der Waals surface area contributed by atoms with Crippen molar-refractivity contribution in [2.24, 2.45) is 11.7 Å². The van der Waals surface area contributed by atoms with E-state index in [0.717, 1.165) is 22.5 Å². The van der Waals surface area contributed by atoms with Crippen molar-refractivity contribution in [2.45, 2.75) is 43.6 Å². The second kappa shape index (κ2) is 14.2. The highest BCUT2D eigenvalue weighted by atomic mass is 19.1. The topological polar surface area (TPSA) is 121 Å². The number of carbonyl (C=O) groups is 1. The molecular weight excluding hydrogens is 578 g/mol. The molecule has 0 spiro atoms. The lowest BCUT2D eigenvalue weighted by molar-refractivity contribution is -0.128. The van der Waals surface area contributed by atoms with E-state index in [4.69, 9.17) is 10.5 Å². The number of pyridine rings is 1. The van der Waals surface area contributed by atoms with E-state index in [1.54, 1.807) is 24.3 Å². The Morgan fingerprint density at radius 1 is 1.00 bits per heavy atom. The number of nitrogens with one attached hydrogen (secondary N) is 1. The quantitative estimate of drug-likeness (QED) is 0.200. The molecular formula is C35H38F2N4O4. The fourth-order valence-electron chi connectivity index (χ4n) is 5.58. The summed E-state index contributed by atoms with van der Waals surface area (Å²) in [5.41, 5.74) is 9.91. The highest BCUT2D eigenvalue weighted by Crippen LogP contribution is 2.35. The van der Waals surface area contributed by atoms with Gasteiger partial charge in [-0.25, -0.2) is 13.8 Å². The number of fused-ring (bicyclic) bond motifs is 1. The van der Waals surface area contributed by atoms with Gasteiger partial charge >= 0.3 is 0 Å². The zero-order valence-corrected chi connectivity index (χ0v) is 25.2. The summed E-state index contributed by atoms with van der Waals surface area (Å²) < 4.78 is 34.4. The number of hydrogen-bond donors (Lipinski definition) is 4. The Morgan fingerprint density at radius 3 is 2.40 bits per heavy atom. The molecule has 0 fully saturated rings. The number of amides is 1. The van der Waals surface area contributed by atoms with Crippen molar-refractivity contribution in [3.8, 4) is 16.9 Å². The maximum Gasteiger partial charge on any atom is 0.224 e. The van der Waals surface area contributed by atoms with Gasteiger partial charge in [0.15, 0.2) is 11.6 Å². The Kier molecular flexibility index (Phi) is 10.1. The summed E-state index contributed by atoms with van der Waals surface area (Å²) in [5.74, 6) is -1.67. The monoisotopic (exact) mass is 616 g/mol. The van der Waals surface area contributed by atoms with E-state index in [2.05, 4.69) is 10.3 Å². The first-order valence-corrected chi connectivity index (χ1v) is 14.9. The SMILES string of the molecule is CN(C)c1ccc(-c2ccc(C[C@H](N)[C@@H](O)C[C@@H](Cc3ccccc3F)C(=O)N[C@H]3c4cccc(F)c4OC[C@H]3O)cc2)cn1. The molecule has 5 rings (SSSR count). The van der Waals surface area contributed by atoms with Crippen molar-refractivity contribution in [3.05, 3.63) is 113 Å². The number of nitrogens with zero attached hydrogens (tertiary/aromatic N) is 2. The molecule has 5 atom stereocenters. The summed E-state index contributed by atoms with van der Waals surface area (Å²) >= 11 is 0. The van der Waals surface area contributed by atoms with Crippen LogP contribution in [0.5, 0.6) is 5.75 Å². The van der Waals surface area contributed by atoms with Gasteiger partial charge in [0.2, 0.25) is 5.91 Å². The molecule has 0 saturated carbocycles. The van der Waals surface area contributed by atoms with Crippen molar-refractivity contribution in [1.82, 2.24) is 10.3 Å². The molecule has 45 heavy (non-hydrogen) atoms. The van der Waals surface area contributed by atoms with E-state index < -0.39 is 47.8 Å². The first kappa shape index (κ1) is 32.0. The van der Waals surface area contributed by atoms with Gasteiger partial charge in [0.05, 0.1) is 12.1 Å². The second-order valence-corrected chi connectivity index (χ2v) is 11.7. The normalized spacial score (nSPS) is 17.8. The number of ether oxygens (including phenoxy) is 1. The number of hydrogen-bond acceptors (Lipinski definition) is 7. The molecule has 0 aliphatic carbocycles. The molecule has 3 aromatic carbocycles. The predicted octanol–water partition coefficient (Wildman–Crippen LogP) is 4.18. The van der Waals surface area contributed by atoms with Crippen LogP contribution in [0.4, 0.5) is 14.6 Å². The Hall–Kier alpha value is -4.38. The van der Waals surface area contributed by atoms with Crippen LogP contribution < -0.4 is 20.7 Å². The number of benzene rings is 3. The van der Waals surface area contributed by atoms with Gasteiger partial charge in [-0.2, -0.15) is 0 Å². The lowest BCUT2D eigenvalue weighted by Crippen LogP contribution is -2.46. The Morgan fingerprint density at radius 2 is 1.71 bits per heavy atom. The van der Waals surface area contributed by atoms with Crippen LogP contribution in [0.1, 0.15) is 29.2 Å². The molecule has 0 bridgehead atoms. The van der Waals surface area contributed by atoms with Crippen molar-refractivity contribution in [1.29, 1.82) is 0 Å². The average molecular weight is 617 g/mol. The fourth-order valence-corrected chi connectivity index (χ4v) is 5.58. The van der Waals surface area contributed by atoms with E-state index >= 15 is 0 Å². The van der Waals surface area contributed by atoms with Crippen molar-refractivity contribution < 1.29 is 28.5 Å². The van der Waals surface area contributed by atoms with Crippen molar-refractivity contribution in [2.75, 3.05) is 25.6 Å². The summed E-state index contributed by atoms with van der Waals surface area (Å²) in [7, 11) is 3.86. The molecule has 0 saturated heterocycles. The molecule has 10 heteroatoms. The molecule has 1 aliphatic heterocycles. The van der Waals surface area contributed by atoms with Gasteiger partial charge in [0, 0.05) is 43.4 Å². The number of rotatable bonds is 11. The molecule has 4 aromatic rings. The number of aliphatic hydroxyl groups is 2. The molecule has 1 aromatic heterocycles. The minimum absolute atomic E-state index is 0.00699. The summed E-state index contributed by atoms with van der Waals surface area (Å²) in [6.45, 7) is -0.207. The number of aliphatic hydroxyl groups excluding tert-OH is 2. The first-order chi connectivity index (χ1) is 21.6. The van der Waals surface area contributed by atoms with E-state index in [0.29, 0.717) is 17.5 Å². The third kappa shape index (κ3) is 7.65. The summed E-state index contributed by atoms with van der Waals surface area (Å²) in [5, 5.41) is 24.6. The standard InChI is InChI=1S/C35H38F2N4O4/c1-41(2)32-15-14-24(19-39-32)22-12-10-21(11-13-22)16-29(38)30(42)18-25(17-23-6-3-4-8-27(23)36)35(44)40-33-26-7-5-9-28(37)34(26)45-20-31(33)43/h3-15,19,25,29-31,33,42-43H,16-18,20,38H2,1-2H3,(H,40,44)/t25-,29+,30+,31-,33+/m1/s1. The average Bonchev–Trinajstić information content (AvgIpc) is 3.03. The third-order valence-electron chi connectivity index (χ3n) is 8.19. The lowest BCUT2D eigenvalue weighted by atomic mass is 9.88. The lowest BCUT2D eigenvalue weighted by Gasteiger charge is -2.33. The smallest absolute Gasteiger partial charge is 0.224 e. The van der Waals surface area contributed by atoms with Gasteiger partial charge in [-0.05, 0) is 60.2 Å². The van der Waals surface area contributed by atoms with Crippen LogP contribution in [0, 0.1) is 17.6 Å². The summed E-state index contributed by atoms with van der Waals surface area (Å²) in [4.78, 5) is 20.1. The molecule has 0 unspecified atom stereocenters. The van der Waals surface area contributed by atoms with E-state index in [9.17, 15) is 23.8 Å². The minimum atomic E-state index is -1.13. The van der Waals surface area contributed by atoms with Crippen LogP contribution in [-0.2, 0) is 17.6 Å². The number of para-hydroxylation sites is 1. The maximum absolute atomic E-state index is 14.6. The van der Waals surface area contributed by atoms with Crippen LogP contribution in [0.25, 0.3) is 11.1 Å².